The molecule has 0 fully saturated rings. The number of nitrogens with zero attached hydrogens (tertiary/aromatic N) is 2. The molecule has 0 bridgehead atoms. The van der Waals surface area contributed by atoms with Crippen LogP contribution in [0.2, 0.25) is 0 Å². The van der Waals surface area contributed by atoms with Crippen LogP contribution in [0.1, 0.15) is 54.9 Å². The first-order valence-electron chi connectivity index (χ1n) is 7.97. The smallest absolute Gasteiger partial charge is 0.0748 e. The number of aryl methyl sites for hydroxylation is 4. The second-order valence-electron chi connectivity index (χ2n) is 5.56. The molecule has 0 amide bonds. The number of aromatic nitrogens is 2. The minimum atomic E-state index is 0.210. The Balaban J connectivity index is 2.47. The lowest BCUT2D eigenvalue weighted by Crippen LogP contribution is -2.25. The fourth-order valence-corrected chi connectivity index (χ4v) is 2.69. The summed E-state index contributed by atoms with van der Waals surface area (Å²) in [6.07, 6.45) is 0.978. The third-order valence-electron chi connectivity index (χ3n) is 4.09. The third kappa shape index (κ3) is 3.35. The van der Waals surface area contributed by atoms with Gasteiger partial charge in [0.2, 0.25) is 0 Å². The van der Waals surface area contributed by atoms with Gasteiger partial charge in [-0.3, -0.25) is 4.68 Å². The number of nitrogens with one attached hydrogen (secondary N) is 1. The molecule has 0 aliphatic heterocycles. The van der Waals surface area contributed by atoms with Gasteiger partial charge in [-0.15, -0.1) is 0 Å². The van der Waals surface area contributed by atoms with Gasteiger partial charge in [0.15, 0.2) is 0 Å². The zero-order valence-electron chi connectivity index (χ0n) is 13.9. The lowest BCUT2D eigenvalue weighted by molar-refractivity contribution is 0.540. The third-order valence-corrected chi connectivity index (χ3v) is 4.09. The van der Waals surface area contributed by atoms with Crippen molar-refractivity contribution in [3.05, 3.63) is 52.3 Å². The summed E-state index contributed by atoms with van der Waals surface area (Å²) < 4.78 is 2.13. The quantitative estimate of drug-likeness (QED) is 0.875. The molecule has 1 N–H and O–H groups in total. The summed E-state index contributed by atoms with van der Waals surface area (Å²) in [7, 11) is 0. The molecule has 3 nitrogen and oxygen atoms in total. The molecule has 0 saturated carbocycles. The van der Waals surface area contributed by atoms with Crippen LogP contribution in [-0.2, 0) is 13.0 Å². The summed E-state index contributed by atoms with van der Waals surface area (Å²) in [6, 6.07) is 9.19. The topological polar surface area (TPSA) is 29.9 Å². The van der Waals surface area contributed by atoms with Gasteiger partial charge in [0.05, 0.1) is 17.4 Å². The van der Waals surface area contributed by atoms with Crippen LogP contribution < -0.4 is 5.32 Å². The number of rotatable bonds is 6. The zero-order valence-corrected chi connectivity index (χ0v) is 13.9. The summed E-state index contributed by atoms with van der Waals surface area (Å²) in [5, 5.41) is 8.31. The average Bonchev–Trinajstić information content (AvgIpc) is 2.91. The van der Waals surface area contributed by atoms with E-state index in [0.29, 0.717) is 0 Å². The molecule has 0 aliphatic rings. The van der Waals surface area contributed by atoms with Crippen LogP contribution in [0, 0.1) is 13.8 Å². The molecule has 0 aliphatic carbocycles. The van der Waals surface area contributed by atoms with Gasteiger partial charge in [0.25, 0.3) is 0 Å². The summed E-state index contributed by atoms with van der Waals surface area (Å²) >= 11 is 0. The van der Waals surface area contributed by atoms with Crippen molar-refractivity contribution in [2.75, 3.05) is 6.54 Å². The van der Waals surface area contributed by atoms with E-state index in [1.54, 1.807) is 0 Å². The second kappa shape index (κ2) is 6.90. The van der Waals surface area contributed by atoms with Crippen molar-refractivity contribution in [1.29, 1.82) is 0 Å². The highest BCUT2D eigenvalue weighted by Gasteiger charge is 2.19. The summed E-state index contributed by atoms with van der Waals surface area (Å²) in [4.78, 5) is 0. The molecule has 1 aromatic carbocycles. The van der Waals surface area contributed by atoms with Gasteiger partial charge in [-0.1, -0.05) is 32.0 Å². The van der Waals surface area contributed by atoms with Crippen molar-refractivity contribution in [2.45, 2.75) is 53.6 Å². The molecular weight excluding hydrogens is 258 g/mol. The van der Waals surface area contributed by atoms with Crippen LogP contribution in [0.4, 0.5) is 0 Å². The summed E-state index contributed by atoms with van der Waals surface area (Å²) in [5.41, 5.74) is 6.43. The first kappa shape index (κ1) is 15.8. The van der Waals surface area contributed by atoms with E-state index in [9.17, 15) is 0 Å². The predicted octanol–water partition coefficient (Wildman–Crippen LogP) is 3.78. The van der Waals surface area contributed by atoms with Crippen molar-refractivity contribution in [2.24, 2.45) is 0 Å². The highest BCUT2D eigenvalue weighted by Crippen LogP contribution is 2.25. The van der Waals surface area contributed by atoms with Crippen LogP contribution in [0.15, 0.2) is 24.3 Å². The van der Waals surface area contributed by atoms with Crippen molar-refractivity contribution >= 4 is 0 Å². The van der Waals surface area contributed by atoms with E-state index in [2.05, 4.69) is 68.9 Å². The van der Waals surface area contributed by atoms with Crippen molar-refractivity contribution in [1.82, 2.24) is 15.1 Å². The molecule has 0 saturated heterocycles. The molecule has 2 aromatic rings. The number of hydrogen-bond acceptors (Lipinski definition) is 2. The predicted molar refractivity (Wildman–Crippen MR) is 88.7 cm³/mol. The Kier molecular flexibility index (Phi) is 5.18. The fourth-order valence-electron chi connectivity index (χ4n) is 2.69. The Bertz CT molecular complexity index is 599. The van der Waals surface area contributed by atoms with Crippen molar-refractivity contribution in [3.8, 4) is 0 Å². The van der Waals surface area contributed by atoms with Gasteiger partial charge in [-0.05, 0) is 56.5 Å². The van der Waals surface area contributed by atoms with Crippen LogP contribution in [0.5, 0.6) is 0 Å². The van der Waals surface area contributed by atoms with Crippen LogP contribution >= 0.6 is 0 Å². The molecular formula is C18H27N3. The maximum atomic E-state index is 4.69. The fraction of sp³-hybridized carbons (Fsp3) is 0.500. The Labute approximate surface area is 128 Å². The van der Waals surface area contributed by atoms with E-state index in [1.807, 2.05) is 0 Å². The molecule has 2 rings (SSSR count). The summed E-state index contributed by atoms with van der Waals surface area (Å²) in [5.74, 6) is 0. The molecule has 3 heteroatoms. The van der Waals surface area contributed by atoms with E-state index < -0.39 is 0 Å². The first-order valence-corrected chi connectivity index (χ1v) is 7.97. The van der Waals surface area contributed by atoms with Crippen LogP contribution in [-0.4, -0.2) is 16.3 Å². The standard InChI is InChI=1S/C18H27N3/c1-6-16-12-17(21(8-3)20-16)18(19-7-2)15-10-9-13(4)14(5)11-15/h9-12,18-19H,6-8H2,1-5H3. The highest BCUT2D eigenvalue weighted by molar-refractivity contribution is 5.36. The monoisotopic (exact) mass is 285 g/mol. The molecule has 1 atom stereocenters. The van der Waals surface area contributed by atoms with Gasteiger partial charge in [0, 0.05) is 6.54 Å². The average molecular weight is 285 g/mol. The van der Waals surface area contributed by atoms with E-state index in [-0.39, 0.29) is 6.04 Å². The highest BCUT2D eigenvalue weighted by atomic mass is 15.3. The molecule has 0 spiro atoms. The van der Waals surface area contributed by atoms with Crippen LogP contribution in [0.25, 0.3) is 0 Å². The molecule has 1 aromatic heterocycles. The maximum absolute atomic E-state index is 4.69. The lowest BCUT2D eigenvalue weighted by Gasteiger charge is -2.20. The van der Waals surface area contributed by atoms with Gasteiger partial charge in [-0.2, -0.15) is 5.10 Å². The molecule has 114 valence electrons. The second-order valence-corrected chi connectivity index (χ2v) is 5.56. The summed E-state index contributed by atoms with van der Waals surface area (Å²) in [6.45, 7) is 12.6. The molecule has 1 unspecified atom stereocenters. The molecule has 1 heterocycles. The molecule has 21 heavy (non-hydrogen) atoms. The zero-order chi connectivity index (χ0) is 15.4. The number of benzene rings is 1. The maximum Gasteiger partial charge on any atom is 0.0748 e. The van der Waals surface area contributed by atoms with Gasteiger partial charge in [-0.25, -0.2) is 0 Å². The van der Waals surface area contributed by atoms with Crippen LogP contribution in [0.3, 0.4) is 0 Å². The van der Waals surface area contributed by atoms with E-state index in [0.717, 1.165) is 19.5 Å². The minimum Gasteiger partial charge on any atom is -0.305 e. The lowest BCUT2D eigenvalue weighted by atomic mass is 9.98. The van der Waals surface area contributed by atoms with Gasteiger partial charge in [0.1, 0.15) is 0 Å². The van der Waals surface area contributed by atoms with Crippen molar-refractivity contribution < 1.29 is 0 Å². The first-order chi connectivity index (χ1) is 10.1. The number of hydrogen-bond donors (Lipinski definition) is 1. The van der Waals surface area contributed by atoms with Crippen molar-refractivity contribution in [3.63, 3.8) is 0 Å². The Morgan fingerprint density at radius 2 is 1.86 bits per heavy atom. The largest absolute Gasteiger partial charge is 0.305 e. The normalized spacial score (nSPS) is 12.6. The van der Waals surface area contributed by atoms with Gasteiger partial charge < -0.3 is 5.32 Å². The SMILES string of the molecule is CCNC(c1ccc(C)c(C)c1)c1cc(CC)nn1CC. The Hall–Kier alpha value is -1.61. The Morgan fingerprint density at radius 3 is 2.43 bits per heavy atom. The van der Waals surface area contributed by atoms with Gasteiger partial charge >= 0.3 is 0 Å². The Morgan fingerprint density at radius 1 is 1.10 bits per heavy atom. The van der Waals surface area contributed by atoms with E-state index in [1.165, 1.54) is 28.1 Å². The van der Waals surface area contributed by atoms with E-state index >= 15 is 0 Å². The minimum absolute atomic E-state index is 0.210. The molecule has 0 radical (unpaired) electrons. The van der Waals surface area contributed by atoms with E-state index in [4.69, 9.17) is 5.10 Å².